The van der Waals surface area contributed by atoms with Gasteiger partial charge >= 0.3 is 25.8 Å². The summed E-state index contributed by atoms with van der Waals surface area (Å²) in [5.41, 5.74) is 5.83. The molecule has 6 heteroatoms. The summed E-state index contributed by atoms with van der Waals surface area (Å²) in [7, 11) is 5.34. The molecule has 246 valence electrons. The van der Waals surface area contributed by atoms with Crippen LogP contribution in [-0.4, -0.2) is 26.1 Å². The van der Waals surface area contributed by atoms with Crippen LogP contribution in [0.2, 0.25) is 0 Å². The topological polar surface area (TPSA) is 88.7 Å². The molecule has 0 fully saturated rings. The van der Waals surface area contributed by atoms with E-state index in [9.17, 15) is 0 Å². The molecule has 5 nitrogen and oxygen atoms in total. The van der Waals surface area contributed by atoms with Gasteiger partial charge in [-0.05, 0) is 72.9 Å². The predicted molar refractivity (Wildman–Crippen MR) is 214 cm³/mol. The molecule has 0 aliphatic heterocycles. The van der Waals surface area contributed by atoms with E-state index in [1.54, 1.807) is 14.1 Å². The number of rotatable bonds is 6. The van der Waals surface area contributed by atoms with Crippen molar-refractivity contribution in [1.29, 1.82) is 0 Å². The first-order valence-electron chi connectivity index (χ1n) is 15.9. The minimum absolute atomic E-state index is 0. The van der Waals surface area contributed by atoms with Crippen LogP contribution in [0.25, 0.3) is 76.4 Å². The van der Waals surface area contributed by atoms with E-state index in [0.717, 1.165) is 44.7 Å². The van der Waals surface area contributed by atoms with Crippen molar-refractivity contribution < 1.29 is 25.8 Å². The van der Waals surface area contributed by atoms with E-state index < -0.39 is 0 Å². The second-order valence-electron chi connectivity index (χ2n) is 11.6. The van der Waals surface area contributed by atoms with Gasteiger partial charge < -0.3 is 22.1 Å². The number of nitrogens with zero attached hydrogens (tertiary/aromatic N) is 4. The zero-order valence-corrected chi connectivity index (χ0v) is 31.5. The van der Waals surface area contributed by atoms with E-state index in [4.69, 9.17) is 10.3 Å². The number of hydrogen-bond acceptors (Lipinski definition) is 1. The van der Waals surface area contributed by atoms with Crippen LogP contribution in [0.4, 0.5) is 11.4 Å². The van der Waals surface area contributed by atoms with E-state index in [1.165, 1.54) is 32.3 Å². The molecule has 1 heterocycles. The van der Waals surface area contributed by atoms with Gasteiger partial charge in [-0.25, -0.2) is 0 Å². The van der Waals surface area contributed by atoms with Gasteiger partial charge in [0.2, 0.25) is 0 Å². The molecule has 0 aliphatic carbocycles. The number of nitrogens with two attached hydrogens (primary N) is 1. The predicted octanol–water partition coefficient (Wildman–Crippen LogP) is 13.8. The first-order chi connectivity index (χ1) is 23.2. The van der Waals surface area contributed by atoms with Gasteiger partial charge in [0.1, 0.15) is 0 Å². The maximum Gasteiger partial charge on any atom is 4.00 e. The maximum absolute atomic E-state index is 5.64. The Bertz CT molecular complexity index is 2290. The molecule has 7 aromatic carbocycles. The van der Waals surface area contributed by atoms with Gasteiger partial charge in [-0.3, -0.25) is 4.98 Å². The molecule has 0 saturated heterocycles. The summed E-state index contributed by atoms with van der Waals surface area (Å²) < 4.78 is 0. The van der Waals surface area contributed by atoms with Gasteiger partial charge in [0.25, 0.3) is 0 Å². The van der Waals surface area contributed by atoms with Crippen molar-refractivity contribution in [2.45, 2.75) is 13.5 Å². The summed E-state index contributed by atoms with van der Waals surface area (Å²) in [4.78, 5) is 5.39. The summed E-state index contributed by atoms with van der Waals surface area (Å²) in [5.74, 6) is 0. The van der Waals surface area contributed by atoms with Gasteiger partial charge in [-0.1, -0.05) is 141 Å². The summed E-state index contributed by atoms with van der Waals surface area (Å²) in [6.07, 6.45) is 0. The Labute approximate surface area is 314 Å². The first-order valence-corrected chi connectivity index (χ1v) is 15.9. The molecule has 0 aliphatic rings. The number of fused-ring (bicyclic) bond motifs is 4. The van der Waals surface area contributed by atoms with Crippen molar-refractivity contribution >= 4 is 54.5 Å². The van der Waals surface area contributed by atoms with Gasteiger partial charge in [0.05, 0.1) is 5.69 Å². The van der Waals surface area contributed by atoms with Gasteiger partial charge in [0, 0.05) is 11.3 Å². The molecule has 8 rings (SSSR count). The number of hydrogen-bond donors (Lipinski definition) is 0. The molecule has 0 amide bonds. The molecular formula is C44H41HfN5. The van der Waals surface area contributed by atoms with Crippen molar-refractivity contribution in [2.24, 2.45) is 0 Å². The fraction of sp³-hybridized carbons (Fsp3) is 0.114. The summed E-state index contributed by atoms with van der Waals surface area (Å²) in [5, 5.41) is 23.1. The summed E-state index contributed by atoms with van der Waals surface area (Å²) in [6, 6.07) is 53.0. The van der Waals surface area contributed by atoms with Crippen LogP contribution in [0.1, 0.15) is 24.7 Å². The molecule has 1 aromatic heterocycles. The normalized spacial score (nSPS) is 11.0. The molecule has 0 spiro atoms. The van der Waals surface area contributed by atoms with Crippen molar-refractivity contribution in [3.63, 3.8) is 0 Å². The number of aromatic nitrogens is 1. The molecular weight excluding hydrogens is 777 g/mol. The van der Waals surface area contributed by atoms with Crippen molar-refractivity contribution in [1.82, 2.24) is 4.98 Å². The molecule has 0 bridgehead atoms. The van der Waals surface area contributed by atoms with Gasteiger partial charge in [-0.2, -0.15) is 19.8 Å². The van der Waals surface area contributed by atoms with E-state index in [-0.39, 0.29) is 45.5 Å². The second kappa shape index (κ2) is 17.2. The summed E-state index contributed by atoms with van der Waals surface area (Å²) in [6.45, 7) is 0. The minimum Gasteiger partial charge on any atom is -0.693 e. The Morgan fingerprint density at radius 2 is 1.02 bits per heavy atom. The van der Waals surface area contributed by atoms with Crippen molar-refractivity contribution in [3.8, 4) is 11.3 Å². The Kier molecular flexibility index (Phi) is 13.0. The number of benzene rings is 7. The van der Waals surface area contributed by atoms with E-state index in [2.05, 4.69) is 162 Å². The molecule has 0 radical (unpaired) electrons. The molecule has 2 N–H and O–H groups in total. The van der Waals surface area contributed by atoms with E-state index >= 15 is 0 Å². The van der Waals surface area contributed by atoms with Crippen LogP contribution in [-0.2, 0) is 25.8 Å². The van der Waals surface area contributed by atoms with E-state index in [0.29, 0.717) is 0 Å². The molecule has 0 saturated carbocycles. The number of pyridine rings is 1. The third-order valence-corrected chi connectivity index (χ3v) is 8.58. The molecule has 1 atom stereocenters. The van der Waals surface area contributed by atoms with Crippen molar-refractivity contribution in [2.75, 3.05) is 21.1 Å². The van der Waals surface area contributed by atoms with E-state index in [1.807, 2.05) is 7.05 Å². The van der Waals surface area contributed by atoms with Gasteiger partial charge in [0.15, 0.2) is 0 Å². The largest absolute Gasteiger partial charge is 4.00 e. The maximum atomic E-state index is 5.64. The minimum atomic E-state index is -0.382. The van der Waals surface area contributed by atoms with Crippen LogP contribution in [0.5, 0.6) is 0 Å². The second-order valence-corrected chi connectivity index (χ2v) is 11.6. The average Bonchev–Trinajstić information content (AvgIpc) is 3.13. The molecule has 50 heavy (non-hydrogen) atoms. The Balaban J connectivity index is 0.000000906. The Morgan fingerprint density at radius 3 is 1.64 bits per heavy atom. The van der Waals surface area contributed by atoms with Gasteiger partial charge in [-0.15, -0.1) is 12.7 Å². The zero-order valence-electron chi connectivity index (χ0n) is 27.9. The molecule has 1 unspecified atom stereocenters. The third kappa shape index (κ3) is 7.34. The smallest absolute Gasteiger partial charge is 0.693 e. The monoisotopic (exact) mass is 819 g/mol. The van der Waals surface area contributed by atoms with Crippen LogP contribution >= 0.6 is 0 Å². The standard InChI is InChI=1S/C41H29N3.C2H6N.CH4.Hf.H2N/c1-42-37-25-24-28-13-3-9-20-34(28)40(37)44-41(39-32-18-7-4-14-29(32)26-30-15-5-8-19-33(30)39)38-23-11-22-36(43-38)35-21-10-16-27-12-2-6-17-31(27)35;1-3-2;;;/h2-26,41H,1H3;1-2H3;1H4;;1H2/q-2;-1;;+4;-1. The fourth-order valence-corrected chi connectivity index (χ4v) is 6.51. The van der Waals surface area contributed by atoms with Crippen LogP contribution < -0.4 is 0 Å². The van der Waals surface area contributed by atoms with Crippen LogP contribution in [0, 0.1) is 0 Å². The third-order valence-electron chi connectivity index (χ3n) is 8.58. The Morgan fingerprint density at radius 1 is 0.520 bits per heavy atom. The van der Waals surface area contributed by atoms with Crippen LogP contribution in [0.15, 0.2) is 152 Å². The molecule has 8 aromatic rings. The average molecular weight is 818 g/mol. The van der Waals surface area contributed by atoms with Crippen LogP contribution in [0.3, 0.4) is 0 Å². The summed E-state index contributed by atoms with van der Waals surface area (Å²) >= 11 is 0. The zero-order chi connectivity index (χ0) is 32.2. The van der Waals surface area contributed by atoms with Crippen molar-refractivity contribution in [3.05, 3.63) is 185 Å². The quantitative estimate of drug-likeness (QED) is 0.121. The SMILES string of the molecule is C.C[N-]C.C[N-]c1ccc2ccccc2c1[N-]C(c1cccc(-c2cccc3ccccc23)n1)c1c2ccccc2cc2ccccc12.[Hf+4].[NH2-]. The Hall–Kier alpha value is -4.88. The fourth-order valence-electron chi connectivity index (χ4n) is 6.51. The first kappa shape index (κ1) is 37.9.